The molecule has 0 spiro atoms. The Morgan fingerprint density at radius 1 is 1.29 bits per heavy atom. The minimum absolute atomic E-state index is 0.131. The standard InChI is InChI=1S/C22H25N3O3/c1-12-13(2)24-21-17(12)5-4-6-18(21)22(27)25-20(15-9-16(26)10-15)14-7-8-19(28-3)23-11-14/h4-8,11,15-16,20,24,26H,9-10H2,1-3H3,(H,25,27). The third-order valence-electron chi connectivity index (χ3n) is 5.82. The van der Waals surface area contributed by atoms with Crippen LogP contribution in [0.15, 0.2) is 36.5 Å². The number of aromatic nitrogens is 2. The van der Waals surface area contributed by atoms with E-state index in [0.717, 1.165) is 27.7 Å². The lowest BCUT2D eigenvalue weighted by atomic mass is 9.75. The third kappa shape index (κ3) is 3.24. The minimum Gasteiger partial charge on any atom is -0.481 e. The van der Waals surface area contributed by atoms with Gasteiger partial charge in [-0.2, -0.15) is 0 Å². The number of carbonyl (C=O) groups is 1. The lowest BCUT2D eigenvalue weighted by Crippen LogP contribution is -2.41. The van der Waals surface area contributed by atoms with E-state index in [0.29, 0.717) is 24.3 Å². The molecule has 0 bridgehead atoms. The number of methoxy groups -OCH3 is 1. The second kappa shape index (κ2) is 7.28. The number of H-pyrrole nitrogens is 1. The molecular formula is C22H25N3O3. The zero-order valence-corrected chi connectivity index (χ0v) is 16.3. The van der Waals surface area contributed by atoms with E-state index in [-0.39, 0.29) is 24.0 Å². The smallest absolute Gasteiger partial charge is 0.253 e. The molecular weight excluding hydrogens is 354 g/mol. The molecule has 3 aromatic rings. The fourth-order valence-electron chi connectivity index (χ4n) is 3.96. The summed E-state index contributed by atoms with van der Waals surface area (Å²) >= 11 is 0. The number of nitrogens with one attached hydrogen (secondary N) is 2. The molecule has 6 heteroatoms. The summed E-state index contributed by atoms with van der Waals surface area (Å²) in [7, 11) is 1.57. The molecule has 2 aromatic heterocycles. The summed E-state index contributed by atoms with van der Waals surface area (Å²) in [4.78, 5) is 20.8. The predicted octanol–water partition coefficient (Wildman–Crippen LogP) is 3.43. The van der Waals surface area contributed by atoms with Crippen LogP contribution in [0.3, 0.4) is 0 Å². The van der Waals surface area contributed by atoms with Crippen molar-refractivity contribution in [1.29, 1.82) is 0 Å². The molecule has 1 atom stereocenters. The third-order valence-corrected chi connectivity index (χ3v) is 5.82. The number of pyridine rings is 1. The number of para-hydroxylation sites is 1. The molecule has 2 heterocycles. The van der Waals surface area contributed by atoms with Crippen molar-refractivity contribution < 1.29 is 14.6 Å². The van der Waals surface area contributed by atoms with Crippen molar-refractivity contribution in [2.24, 2.45) is 5.92 Å². The maximum atomic E-state index is 13.2. The summed E-state index contributed by atoms with van der Waals surface area (Å²) in [6, 6.07) is 9.29. The Hall–Kier alpha value is -2.86. The molecule has 6 nitrogen and oxygen atoms in total. The predicted molar refractivity (Wildman–Crippen MR) is 107 cm³/mol. The minimum atomic E-state index is -0.298. The molecule has 1 aromatic carbocycles. The van der Waals surface area contributed by atoms with Crippen LogP contribution < -0.4 is 10.1 Å². The zero-order valence-electron chi connectivity index (χ0n) is 16.3. The monoisotopic (exact) mass is 379 g/mol. The van der Waals surface area contributed by atoms with Crippen LogP contribution in [-0.2, 0) is 0 Å². The van der Waals surface area contributed by atoms with E-state index < -0.39 is 0 Å². The van der Waals surface area contributed by atoms with E-state index >= 15 is 0 Å². The average molecular weight is 379 g/mol. The molecule has 3 N–H and O–H groups in total. The van der Waals surface area contributed by atoms with Gasteiger partial charge in [0.25, 0.3) is 5.91 Å². The number of aliphatic hydroxyl groups is 1. The number of hydrogen-bond acceptors (Lipinski definition) is 4. The largest absolute Gasteiger partial charge is 0.481 e. The van der Waals surface area contributed by atoms with Gasteiger partial charge in [-0.15, -0.1) is 0 Å². The van der Waals surface area contributed by atoms with Crippen molar-refractivity contribution in [3.8, 4) is 5.88 Å². The zero-order chi connectivity index (χ0) is 19.8. The molecule has 0 saturated heterocycles. The Labute approximate surface area is 163 Å². The van der Waals surface area contributed by atoms with E-state index in [4.69, 9.17) is 4.74 Å². The first-order valence-corrected chi connectivity index (χ1v) is 9.54. The number of aliphatic hydroxyl groups excluding tert-OH is 1. The number of ether oxygens (including phenoxy) is 1. The average Bonchev–Trinajstić information content (AvgIpc) is 2.98. The number of nitrogens with zero attached hydrogens (tertiary/aromatic N) is 1. The van der Waals surface area contributed by atoms with Gasteiger partial charge in [-0.05, 0) is 49.8 Å². The summed E-state index contributed by atoms with van der Waals surface area (Å²) in [5.74, 6) is 0.582. The van der Waals surface area contributed by atoms with Crippen molar-refractivity contribution >= 4 is 16.8 Å². The van der Waals surface area contributed by atoms with Gasteiger partial charge in [-0.3, -0.25) is 4.79 Å². The molecule has 0 radical (unpaired) electrons. The van der Waals surface area contributed by atoms with Crippen molar-refractivity contribution in [3.05, 3.63) is 58.9 Å². The Kier molecular flexibility index (Phi) is 4.81. The van der Waals surface area contributed by atoms with Crippen LogP contribution in [0.2, 0.25) is 0 Å². The first kappa shape index (κ1) is 18.5. The lowest BCUT2D eigenvalue weighted by molar-refractivity contribution is 0.0235. The van der Waals surface area contributed by atoms with E-state index in [2.05, 4.69) is 22.2 Å². The molecule has 1 amide bonds. The van der Waals surface area contributed by atoms with E-state index in [1.165, 1.54) is 0 Å². The number of amides is 1. The number of carbonyl (C=O) groups excluding carboxylic acids is 1. The molecule has 1 aliphatic rings. The van der Waals surface area contributed by atoms with Crippen LogP contribution in [0.25, 0.3) is 10.9 Å². The highest BCUT2D eigenvalue weighted by Crippen LogP contribution is 2.38. The molecule has 146 valence electrons. The first-order chi connectivity index (χ1) is 13.5. The van der Waals surface area contributed by atoms with Crippen molar-refractivity contribution in [3.63, 3.8) is 0 Å². The molecule has 4 rings (SSSR count). The first-order valence-electron chi connectivity index (χ1n) is 9.54. The second-order valence-corrected chi connectivity index (χ2v) is 7.57. The van der Waals surface area contributed by atoms with Crippen LogP contribution in [0.4, 0.5) is 0 Å². The SMILES string of the molecule is COc1ccc(C(NC(=O)c2cccc3c(C)c(C)[nH]c23)C2CC(O)C2)cn1. The van der Waals surface area contributed by atoms with Crippen molar-refractivity contribution in [2.45, 2.75) is 38.8 Å². The highest BCUT2D eigenvalue weighted by Gasteiger charge is 2.36. The van der Waals surface area contributed by atoms with Crippen LogP contribution in [-0.4, -0.2) is 34.2 Å². The molecule has 28 heavy (non-hydrogen) atoms. The number of aromatic amines is 1. The van der Waals surface area contributed by atoms with Crippen molar-refractivity contribution in [2.75, 3.05) is 7.11 Å². The van der Waals surface area contributed by atoms with Crippen LogP contribution in [0, 0.1) is 19.8 Å². The highest BCUT2D eigenvalue weighted by atomic mass is 16.5. The van der Waals surface area contributed by atoms with Gasteiger partial charge >= 0.3 is 0 Å². The van der Waals surface area contributed by atoms with E-state index in [9.17, 15) is 9.90 Å². The number of fused-ring (bicyclic) bond motifs is 1. The second-order valence-electron chi connectivity index (χ2n) is 7.57. The Bertz CT molecular complexity index is 1000. The maximum absolute atomic E-state index is 13.2. The van der Waals surface area contributed by atoms with Gasteiger partial charge in [0.2, 0.25) is 5.88 Å². The molecule has 1 aliphatic carbocycles. The normalized spacial score (nSPS) is 19.9. The summed E-state index contributed by atoms with van der Waals surface area (Å²) in [5.41, 5.74) is 4.61. The molecule has 0 aliphatic heterocycles. The van der Waals surface area contributed by atoms with E-state index in [1.54, 1.807) is 19.4 Å². The topological polar surface area (TPSA) is 87.2 Å². The number of aryl methyl sites for hydroxylation is 2. The fraction of sp³-hybridized carbons (Fsp3) is 0.364. The number of benzene rings is 1. The molecule has 1 fully saturated rings. The van der Waals surface area contributed by atoms with Crippen LogP contribution in [0.5, 0.6) is 5.88 Å². The number of hydrogen-bond donors (Lipinski definition) is 3. The van der Waals surface area contributed by atoms with Gasteiger partial charge in [0, 0.05) is 23.3 Å². The number of rotatable bonds is 5. The summed E-state index contributed by atoms with van der Waals surface area (Å²) in [6.45, 7) is 4.07. The van der Waals surface area contributed by atoms with Crippen LogP contribution in [0.1, 0.15) is 46.1 Å². The van der Waals surface area contributed by atoms with Gasteiger partial charge in [0.15, 0.2) is 0 Å². The van der Waals surface area contributed by atoms with Crippen LogP contribution >= 0.6 is 0 Å². The fourth-order valence-corrected chi connectivity index (χ4v) is 3.96. The quantitative estimate of drug-likeness (QED) is 0.634. The Morgan fingerprint density at radius 2 is 2.07 bits per heavy atom. The Balaban J connectivity index is 1.65. The lowest BCUT2D eigenvalue weighted by Gasteiger charge is -2.38. The van der Waals surface area contributed by atoms with E-state index in [1.807, 2.05) is 31.2 Å². The Morgan fingerprint density at radius 3 is 2.71 bits per heavy atom. The van der Waals surface area contributed by atoms with Gasteiger partial charge in [0.1, 0.15) is 0 Å². The summed E-state index contributed by atoms with van der Waals surface area (Å²) in [6.07, 6.45) is 2.77. The van der Waals surface area contributed by atoms with Gasteiger partial charge < -0.3 is 20.1 Å². The van der Waals surface area contributed by atoms with Gasteiger partial charge in [-0.1, -0.05) is 18.2 Å². The summed E-state index contributed by atoms with van der Waals surface area (Å²) in [5, 5.41) is 14.0. The summed E-state index contributed by atoms with van der Waals surface area (Å²) < 4.78 is 5.14. The van der Waals surface area contributed by atoms with Crippen molar-refractivity contribution in [1.82, 2.24) is 15.3 Å². The highest BCUT2D eigenvalue weighted by molar-refractivity contribution is 6.06. The van der Waals surface area contributed by atoms with Gasteiger partial charge in [0.05, 0.1) is 30.3 Å². The molecule has 1 saturated carbocycles. The molecule has 1 unspecified atom stereocenters. The maximum Gasteiger partial charge on any atom is 0.253 e. The van der Waals surface area contributed by atoms with Gasteiger partial charge in [-0.25, -0.2) is 4.98 Å².